The Morgan fingerprint density at radius 2 is 1.95 bits per heavy atom. The summed E-state index contributed by atoms with van der Waals surface area (Å²) >= 11 is 1.81. The van der Waals surface area contributed by atoms with E-state index in [-0.39, 0.29) is 11.5 Å². The van der Waals surface area contributed by atoms with E-state index in [0.29, 0.717) is 6.54 Å². The van der Waals surface area contributed by atoms with E-state index in [1.54, 1.807) is 0 Å². The molecule has 3 nitrogen and oxygen atoms in total. The maximum atomic E-state index is 12.2. The first-order chi connectivity index (χ1) is 10.1. The topological polar surface area (TPSA) is 37.4 Å². The van der Waals surface area contributed by atoms with E-state index in [1.165, 1.54) is 10.4 Å². The Kier molecular flexibility index (Phi) is 4.42. The summed E-state index contributed by atoms with van der Waals surface area (Å²) in [4.78, 5) is 3.70. The van der Waals surface area contributed by atoms with Gasteiger partial charge in [-0.2, -0.15) is 0 Å². The zero-order chi connectivity index (χ0) is 14.7. The molecule has 0 N–H and O–H groups in total. The summed E-state index contributed by atoms with van der Waals surface area (Å²) in [5, 5.41) is 2.13. The van der Waals surface area contributed by atoms with Crippen molar-refractivity contribution in [2.45, 2.75) is 18.7 Å². The molecule has 2 heterocycles. The second-order valence-corrected chi connectivity index (χ2v) is 8.66. The molecule has 2 aromatic rings. The number of benzene rings is 1. The highest BCUT2D eigenvalue weighted by molar-refractivity contribution is 7.90. The van der Waals surface area contributed by atoms with Gasteiger partial charge in [-0.3, -0.25) is 4.90 Å². The molecule has 0 unspecified atom stereocenters. The van der Waals surface area contributed by atoms with Gasteiger partial charge in [0.05, 0.1) is 11.5 Å². The predicted molar refractivity (Wildman–Crippen MR) is 87.2 cm³/mol. The Hall–Kier alpha value is -1.17. The highest BCUT2D eigenvalue weighted by Gasteiger charge is 2.19. The zero-order valence-electron chi connectivity index (χ0n) is 11.9. The molecule has 0 amide bonds. The number of thiophene rings is 1. The van der Waals surface area contributed by atoms with E-state index in [9.17, 15) is 8.42 Å². The Bertz CT molecular complexity index is 692. The average Bonchev–Trinajstić information content (AvgIpc) is 2.93. The highest BCUT2D eigenvalue weighted by Crippen LogP contribution is 2.23. The molecule has 0 saturated carbocycles. The Morgan fingerprint density at radius 1 is 1.14 bits per heavy atom. The van der Waals surface area contributed by atoms with Crippen LogP contribution in [0.25, 0.3) is 0 Å². The minimum Gasteiger partial charge on any atom is -0.298 e. The van der Waals surface area contributed by atoms with Gasteiger partial charge in [-0.15, -0.1) is 11.3 Å². The van der Waals surface area contributed by atoms with Crippen LogP contribution in [0, 0.1) is 0 Å². The van der Waals surface area contributed by atoms with Crippen molar-refractivity contribution >= 4 is 21.2 Å². The van der Waals surface area contributed by atoms with Crippen molar-refractivity contribution in [1.82, 2.24) is 4.90 Å². The molecule has 1 aliphatic rings. The summed E-state index contributed by atoms with van der Waals surface area (Å²) in [6.45, 7) is 2.48. The second kappa shape index (κ2) is 6.30. The van der Waals surface area contributed by atoms with Crippen molar-refractivity contribution in [3.8, 4) is 0 Å². The van der Waals surface area contributed by atoms with Gasteiger partial charge in [0.2, 0.25) is 0 Å². The second-order valence-electron chi connectivity index (χ2n) is 5.47. The molecule has 0 fully saturated rings. The summed E-state index contributed by atoms with van der Waals surface area (Å²) in [5.74, 6) is 0.382. The van der Waals surface area contributed by atoms with Gasteiger partial charge in [0, 0.05) is 24.5 Å². The van der Waals surface area contributed by atoms with Crippen LogP contribution in [0.1, 0.15) is 16.0 Å². The fraction of sp³-hybridized carbons (Fsp3) is 0.375. The summed E-state index contributed by atoms with van der Waals surface area (Å²) in [6.07, 6.45) is 1.05. The number of rotatable bonds is 5. The highest BCUT2D eigenvalue weighted by atomic mass is 32.2. The molecule has 0 spiro atoms. The van der Waals surface area contributed by atoms with E-state index in [4.69, 9.17) is 0 Å². The number of sulfone groups is 1. The third-order valence-electron chi connectivity index (χ3n) is 3.83. The molecule has 0 aliphatic carbocycles. The first kappa shape index (κ1) is 14.8. The maximum Gasteiger partial charge on any atom is 0.155 e. The molecule has 1 aromatic heterocycles. The molecule has 1 aromatic carbocycles. The summed E-state index contributed by atoms with van der Waals surface area (Å²) < 4.78 is 24.4. The van der Waals surface area contributed by atoms with Crippen LogP contribution in [0.15, 0.2) is 41.8 Å². The average molecular weight is 321 g/mol. The smallest absolute Gasteiger partial charge is 0.155 e. The van der Waals surface area contributed by atoms with Crippen molar-refractivity contribution in [1.29, 1.82) is 0 Å². The molecule has 112 valence electrons. The van der Waals surface area contributed by atoms with Gasteiger partial charge in [-0.05, 0) is 29.0 Å². The van der Waals surface area contributed by atoms with Gasteiger partial charge < -0.3 is 0 Å². The summed E-state index contributed by atoms with van der Waals surface area (Å²) in [6, 6.07) is 11.6. The Balaban J connectivity index is 1.55. The normalized spacial score (nSPS) is 15.8. The molecule has 0 atom stereocenters. The minimum atomic E-state index is -3.04. The fourth-order valence-corrected chi connectivity index (χ4v) is 4.94. The molecule has 1 aliphatic heterocycles. The first-order valence-corrected chi connectivity index (χ1v) is 9.84. The van der Waals surface area contributed by atoms with E-state index in [0.717, 1.165) is 25.1 Å². The van der Waals surface area contributed by atoms with Crippen LogP contribution in [-0.4, -0.2) is 32.2 Å². The molecule has 0 saturated heterocycles. The van der Waals surface area contributed by atoms with Gasteiger partial charge in [-0.1, -0.05) is 30.3 Å². The lowest BCUT2D eigenvalue weighted by Crippen LogP contribution is -2.34. The van der Waals surface area contributed by atoms with Crippen LogP contribution in [0.5, 0.6) is 0 Å². The SMILES string of the molecule is O=S(=O)(CCN1CCc2sccc2C1)Cc1ccccc1. The number of nitrogens with zero attached hydrogens (tertiary/aromatic N) is 1. The van der Waals surface area contributed by atoms with E-state index < -0.39 is 9.84 Å². The molecular weight excluding hydrogens is 302 g/mol. The van der Waals surface area contributed by atoms with Crippen LogP contribution in [-0.2, 0) is 28.6 Å². The maximum absolute atomic E-state index is 12.2. The first-order valence-electron chi connectivity index (χ1n) is 7.14. The molecular formula is C16H19NO2S2. The third kappa shape index (κ3) is 3.93. The standard InChI is InChI=1S/C16H19NO2S2/c18-21(19,13-14-4-2-1-3-5-14)11-9-17-8-6-16-15(12-17)7-10-20-16/h1-5,7,10H,6,8-9,11-13H2. The van der Waals surface area contributed by atoms with Gasteiger partial charge in [0.1, 0.15) is 0 Å². The van der Waals surface area contributed by atoms with Gasteiger partial charge >= 0.3 is 0 Å². The van der Waals surface area contributed by atoms with Crippen LogP contribution in [0.4, 0.5) is 0 Å². The molecule has 5 heteroatoms. The van der Waals surface area contributed by atoms with E-state index >= 15 is 0 Å². The fourth-order valence-electron chi connectivity index (χ4n) is 2.67. The summed E-state index contributed by atoms with van der Waals surface area (Å²) in [7, 11) is -3.04. The van der Waals surface area contributed by atoms with Gasteiger partial charge in [-0.25, -0.2) is 8.42 Å². The largest absolute Gasteiger partial charge is 0.298 e. The predicted octanol–water partition coefficient (Wildman–Crippen LogP) is 2.72. The quantitative estimate of drug-likeness (QED) is 0.850. The number of hydrogen-bond acceptors (Lipinski definition) is 4. The van der Waals surface area contributed by atoms with Crippen LogP contribution >= 0.6 is 11.3 Å². The molecule has 21 heavy (non-hydrogen) atoms. The van der Waals surface area contributed by atoms with Crippen molar-refractivity contribution in [2.75, 3.05) is 18.8 Å². The van der Waals surface area contributed by atoms with Crippen LogP contribution in [0.2, 0.25) is 0 Å². The van der Waals surface area contributed by atoms with Crippen LogP contribution in [0.3, 0.4) is 0 Å². The monoisotopic (exact) mass is 321 g/mol. The lowest BCUT2D eigenvalue weighted by atomic mass is 10.1. The molecule has 0 radical (unpaired) electrons. The number of hydrogen-bond donors (Lipinski definition) is 0. The zero-order valence-corrected chi connectivity index (χ0v) is 13.5. The van der Waals surface area contributed by atoms with Crippen molar-refractivity contribution in [2.24, 2.45) is 0 Å². The Labute approximate surface area is 130 Å². The van der Waals surface area contributed by atoms with Crippen molar-refractivity contribution in [3.05, 3.63) is 57.8 Å². The number of fused-ring (bicyclic) bond motifs is 1. The van der Waals surface area contributed by atoms with Gasteiger partial charge in [0.15, 0.2) is 9.84 Å². The van der Waals surface area contributed by atoms with Crippen molar-refractivity contribution in [3.63, 3.8) is 0 Å². The molecule has 3 rings (SSSR count). The van der Waals surface area contributed by atoms with E-state index in [2.05, 4.69) is 16.3 Å². The minimum absolute atomic E-state index is 0.144. The van der Waals surface area contributed by atoms with Crippen LogP contribution < -0.4 is 0 Å². The molecule has 0 bridgehead atoms. The third-order valence-corrected chi connectivity index (χ3v) is 6.44. The lowest BCUT2D eigenvalue weighted by Gasteiger charge is -2.26. The van der Waals surface area contributed by atoms with Crippen molar-refractivity contribution < 1.29 is 8.42 Å². The van der Waals surface area contributed by atoms with E-state index in [1.807, 2.05) is 41.7 Å². The lowest BCUT2D eigenvalue weighted by molar-refractivity contribution is 0.271. The van der Waals surface area contributed by atoms with Gasteiger partial charge in [0.25, 0.3) is 0 Å². The summed E-state index contributed by atoms with van der Waals surface area (Å²) in [5.41, 5.74) is 2.24. The Morgan fingerprint density at radius 3 is 2.76 bits per heavy atom.